The maximum atomic E-state index is 13.7. The van der Waals surface area contributed by atoms with E-state index in [0.717, 1.165) is 25.7 Å². The summed E-state index contributed by atoms with van der Waals surface area (Å²) in [5.41, 5.74) is 1.71. The van der Waals surface area contributed by atoms with Crippen molar-refractivity contribution in [1.29, 1.82) is 0 Å². The zero-order valence-electron chi connectivity index (χ0n) is 29.5. The molecule has 0 aromatic heterocycles. The van der Waals surface area contributed by atoms with Crippen molar-refractivity contribution in [2.75, 3.05) is 13.2 Å². The van der Waals surface area contributed by atoms with E-state index in [0.29, 0.717) is 47.0 Å². The molecule has 0 N–H and O–H groups in total. The first-order valence-electron chi connectivity index (χ1n) is 19.3. The Morgan fingerprint density at radius 2 is 0.804 bits per heavy atom. The van der Waals surface area contributed by atoms with E-state index >= 15 is 0 Å². The van der Waals surface area contributed by atoms with Gasteiger partial charge in [-0.2, -0.15) is 0 Å². The molecule has 4 nitrogen and oxygen atoms in total. The number of hydrogen-bond acceptors (Lipinski definition) is 4. The van der Waals surface area contributed by atoms with Gasteiger partial charge < -0.3 is 9.47 Å². The molecule has 0 saturated heterocycles. The Morgan fingerprint density at radius 1 is 0.413 bits per heavy atom. The summed E-state index contributed by atoms with van der Waals surface area (Å²) in [6, 6.07) is 10.7. The predicted octanol–water partition coefficient (Wildman–Crippen LogP) is 12.6. The SMILES string of the molecule is CCCCCCCCCCCCCCOc1ccc2c(c1OCCCCCCCCCCCCCC)C(=O)c1ccccc1C2=O. The van der Waals surface area contributed by atoms with E-state index < -0.39 is 0 Å². The van der Waals surface area contributed by atoms with Gasteiger partial charge in [-0.1, -0.05) is 179 Å². The van der Waals surface area contributed by atoms with Crippen molar-refractivity contribution < 1.29 is 19.1 Å². The van der Waals surface area contributed by atoms with Gasteiger partial charge in [0.05, 0.1) is 18.8 Å². The van der Waals surface area contributed by atoms with Crippen molar-refractivity contribution in [3.63, 3.8) is 0 Å². The van der Waals surface area contributed by atoms with E-state index in [1.165, 1.54) is 128 Å². The Bertz CT molecular complexity index is 1140. The highest BCUT2D eigenvalue weighted by Gasteiger charge is 2.34. The molecule has 1 aliphatic rings. The van der Waals surface area contributed by atoms with Crippen LogP contribution in [-0.2, 0) is 0 Å². The van der Waals surface area contributed by atoms with Crippen LogP contribution in [0.25, 0.3) is 0 Å². The van der Waals surface area contributed by atoms with E-state index in [1.54, 1.807) is 18.2 Å². The minimum atomic E-state index is -0.147. The summed E-state index contributed by atoms with van der Waals surface area (Å²) in [5.74, 6) is 0.771. The lowest BCUT2D eigenvalue weighted by Gasteiger charge is -2.22. The van der Waals surface area contributed by atoms with E-state index in [4.69, 9.17) is 9.47 Å². The third kappa shape index (κ3) is 13.2. The van der Waals surface area contributed by atoms with Gasteiger partial charge in [-0.05, 0) is 25.0 Å². The van der Waals surface area contributed by atoms with E-state index in [9.17, 15) is 9.59 Å². The van der Waals surface area contributed by atoms with Crippen molar-refractivity contribution >= 4 is 11.6 Å². The van der Waals surface area contributed by atoms with Crippen LogP contribution < -0.4 is 9.47 Å². The molecule has 2 aromatic rings. The van der Waals surface area contributed by atoms with Gasteiger partial charge in [-0.15, -0.1) is 0 Å². The second-order valence-electron chi connectivity index (χ2n) is 13.5. The van der Waals surface area contributed by atoms with Crippen LogP contribution in [0.3, 0.4) is 0 Å². The highest BCUT2D eigenvalue weighted by atomic mass is 16.5. The van der Waals surface area contributed by atoms with Gasteiger partial charge in [0.15, 0.2) is 23.1 Å². The number of fused-ring (bicyclic) bond motifs is 2. The fourth-order valence-electron chi connectivity index (χ4n) is 6.64. The Balaban J connectivity index is 1.44. The number of hydrogen-bond donors (Lipinski definition) is 0. The maximum absolute atomic E-state index is 13.7. The quantitative estimate of drug-likeness (QED) is 0.0747. The molecule has 4 heteroatoms. The largest absolute Gasteiger partial charge is 0.490 e. The number of rotatable bonds is 28. The van der Waals surface area contributed by atoms with Crippen molar-refractivity contribution in [2.45, 2.75) is 168 Å². The molecule has 0 amide bonds. The summed E-state index contributed by atoms with van der Waals surface area (Å²) in [4.78, 5) is 27.0. The van der Waals surface area contributed by atoms with Crippen LogP contribution in [-0.4, -0.2) is 24.8 Å². The molecular formula is C42H64O4. The summed E-state index contributed by atoms with van der Waals surface area (Å²) in [5, 5.41) is 0. The summed E-state index contributed by atoms with van der Waals surface area (Å²) in [7, 11) is 0. The fourth-order valence-corrected chi connectivity index (χ4v) is 6.64. The number of benzene rings is 2. The average Bonchev–Trinajstić information content (AvgIpc) is 3.08. The Morgan fingerprint density at radius 3 is 1.26 bits per heavy atom. The molecular weight excluding hydrogens is 568 g/mol. The summed E-state index contributed by atoms with van der Waals surface area (Å²) in [6.07, 6.45) is 30.9. The fraction of sp³-hybridized carbons (Fsp3) is 0.667. The van der Waals surface area contributed by atoms with Crippen LogP contribution in [0.4, 0.5) is 0 Å². The van der Waals surface area contributed by atoms with Gasteiger partial charge in [-0.25, -0.2) is 0 Å². The summed E-state index contributed by atoms with van der Waals surface area (Å²) in [6.45, 7) is 5.65. The molecule has 0 spiro atoms. The second-order valence-corrected chi connectivity index (χ2v) is 13.5. The Labute approximate surface area is 281 Å². The number of ether oxygens (including phenoxy) is 2. The molecule has 0 heterocycles. The minimum Gasteiger partial charge on any atom is -0.490 e. The van der Waals surface area contributed by atoms with Crippen LogP contribution in [0, 0.1) is 0 Å². The maximum Gasteiger partial charge on any atom is 0.198 e. The number of unbranched alkanes of at least 4 members (excludes halogenated alkanes) is 22. The first kappa shape index (κ1) is 37.8. The van der Waals surface area contributed by atoms with Crippen LogP contribution >= 0.6 is 0 Å². The van der Waals surface area contributed by atoms with Crippen LogP contribution in [0.5, 0.6) is 11.5 Å². The van der Waals surface area contributed by atoms with E-state index in [1.807, 2.05) is 18.2 Å². The molecule has 0 bridgehead atoms. The van der Waals surface area contributed by atoms with Crippen LogP contribution in [0.2, 0.25) is 0 Å². The summed E-state index contributed by atoms with van der Waals surface area (Å²) >= 11 is 0. The van der Waals surface area contributed by atoms with Crippen LogP contribution in [0.15, 0.2) is 36.4 Å². The van der Waals surface area contributed by atoms with Crippen molar-refractivity contribution in [2.24, 2.45) is 0 Å². The molecule has 1 aliphatic carbocycles. The van der Waals surface area contributed by atoms with Gasteiger partial charge in [0.2, 0.25) is 0 Å². The Kier molecular flexibility index (Phi) is 19.5. The summed E-state index contributed by atoms with van der Waals surface area (Å²) < 4.78 is 12.6. The molecule has 0 radical (unpaired) electrons. The molecule has 0 unspecified atom stereocenters. The monoisotopic (exact) mass is 632 g/mol. The molecule has 0 aliphatic heterocycles. The third-order valence-corrected chi connectivity index (χ3v) is 9.51. The van der Waals surface area contributed by atoms with Gasteiger partial charge >= 0.3 is 0 Å². The predicted molar refractivity (Wildman–Crippen MR) is 193 cm³/mol. The van der Waals surface area contributed by atoms with E-state index in [2.05, 4.69) is 13.8 Å². The Hall–Kier alpha value is -2.62. The van der Waals surface area contributed by atoms with E-state index in [-0.39, 0.29) is 11.6 Å². The number of ketones is 2. The molecule has 0 fully saturated rings. The zero-order valence-corrected chi connectivity index (χ0v) is 29.5. The topological polar surface area (TPSA) is 52.6 Å². The molecule has 256 valence electrons. The minimum absolute atomic E-state index is 0.118. The van der Waals surface area contributed by atoms with Crippen LogP contribution in [0.1, 0.15) is 200 Å². The average molecular weight is 633 g/mol. The lowest BCUT2D eigenvalue weighted by Crippen LogP contribution is -2.22. The molecule has 2 aromatic carbocycles. The smallest absolute Gasteiger partial charge is 0.198 e. The lowest BCUT2D eigenvalue weighted by molar-refractivity contribution is 0.0974. The standard InChI is InChI=1S/C42H64O4/c1-3-5-7-9-11-13-15-17-19-21-23-27-33-45-38-32-31-37-39(41(44)36-30-26-25-29-35(36)40(37)43)42(38)46-34-28-24-22-20-18-16-14-12-10-8-6-4-2/h25-26,29-32H,3-24,27-28,33-34H2,1-2H3. The third-order valence-electron chi connectivity index (χ3n) is 9.51. The highest BCUT2D eigenvalue weighted by molar-refractivity contribution is 6.29. The molecule has 46 heavy (non-hydrogen) atoms. The normalized spacial score (nSPS) is 12.3. The van der Waals surface area contributed by atoms with Crippen molar-refractivity contribution in [3.8, 4) is 11.5 Å². The molecule has 0 atom stereocenters. The highest BCUT2D eigenvalue weighted by Crippen LogP contribution is 2.40. The van der Waals surface area contributed by atoms with Gasteiger partial charge in [0.25, 0.3) is 0 Å². The van der Waals surface area contributed by atoms with Gasteiger partial charge in [-0.3, -0.25) is 9.59 Å². The number of carbonyl (C=O) groups excluding carboxylic acids is 2. The first-order valence-corrected chi connectivity index (χ1v) is 19.3. The van der Waals surface area contributed by atoms with Crippen molar-refractivity contribution in [3.05, 3.63) is 58.7 Å². The van der Waals surface area contributed by atoms with Crippen molar-refractivity contribution in [1.82, 2.24) is 0 Å². The second kappa shape index (κ2) is 23.7. The lowest BCUT2D eigenvalue weighted by atomic mass is 9.83. The zero-order chi connectivity index (χ0) is 32.7. The van der Waals surface area contributed by atoms with Gasteiger partial charge in [0.1, 0.15) is 0 Å². The molecule has 3 rings (SSSR count). The first-order chi connectivity index (χ1) is 22.7. The van der Waals surface area contributed by atoms with Gasteiger partial charge in [0, 0.05) is 16.7 Å². The number of carbonyl (C=O) groups is 2. The molecule has 0 saturated carbocycles.